The number of halogens is 3. The van der Waals surface area contributed by atoms with Crippen molar-refractivity contribution in [3.63, 3.8) is 0 Å². The Balaban J connectivity index is 0.000000521. The lowest BCUT2D eigenvalue weighted by molar-refractivity contribution is 0.0181. The summed E-state index contributed by atoms with van der Waals surface area (Å²) in [5.41, 5.74) is 5.16. The van der Waals surface area contributed by atoms with Crippen LogP contribution in [0.5, 0.6) is 0 Å². The standard InChI is InChI=1S/C19H20ClN3.C4H8F2.C2H6/c1-12-5-8-17(21-11-12)13(2)22-14(3)18-9-15-6-7-16(20)10-19(15)23(18)4;1-3-4(2,5)6;1-2/h5-11,13,22H,3H2,1-2,4H3;3H2,1-2H3;1-2H3. The smallest absolute Gasteiger partial charge is 0.245 e. The van der Waals surface area contributed by atoms with Gasteiger partial charge in [0.1, 0.15) is 0 Å². The summed E-state index contributed by atoms with van der Waals surface area (Å²) >= 11 is 6.10. The van der Waals surface area contributed by atoms with Crippen LogP contribution in [0.2, 0.25) is 5.02 Å². The first-order valence-electron chi connectivity index (χ1n) is 10.5. The number of alkyl halides is 2. The van der Waals surface area contributed by atoms with Crippen LogP contribution in [-0.4, -0.2) is 15.5 Å². The molecule has 0 spiro atoms. The minimum atomic E-state index is -2.46. The van der Waals surface area contributed by atoms with E-state index in [9.17, 15) is 8.78 Å². The van der Waals surface area contributed by atoms with Gasteiger partial charge in [-0.15, -0.1) is 0 Å². The van der Waals surface area contributed by atoms with Gasteiger partial charge in [-0.25, -0.2) is 8.78 Å². The Morgan fingerprint density at radius 2 is 1.84 bits per heavy atom. The molecule has 0 saturated heterocycles. The van der Waals surface area contributed by atoms with E-state index in [4.69, 9.17) is 11.6 Å². The normalized spacial score (nSPS) is 11.7. The maximum absolute atomic E-state index is 11.5. The van der Waals surface area contributed by atoms with Crippen molar-refractivity contribution in [3.8, 4) is 0 Å². The van der Waals surface area contributed by atoms with Crippen LogP contribution in [0.1, 0.15) is 64.0 Å². The van der Waals surface area contributed by atoms with Gasteiger partial charge in [0.25, 0.3) is 0 Å². The molecule has 0 aliphatic heterocycles. The summed E-state index contributed by atoms with van der Waals surface area (Å²) < 4.78 is 25.0. The van der Waals surface area contributed by atoms with Gasteiger partial charge in [0.15, 0.2) is 0 Å². The fourth-order valence-corrected chi connectivity index (χ4v) is 2.90. The molecule has 0 radical (unpaired) electrons. The second kappa shape index (κ2) is 11.8. The lowest BCUT2D eigenvalue weighted by Gasteiger charge is -2.17. The van der Waals surface area contributed by atoms with E-state index in [0.29, 0.717) is 0 Å². The number of fused-ring (bicyclic) bond motifs is 1. The number of rotatable bonds is 5. The van der Waals surface area contributed by atoms with Crippen LogP contribution >= 0.6 is 11.6 Å². The maximum atomic E-state index is 11.5. The second-order valence-electron chi connectivity index (χ2n) is 7.32. The monoisotopic (exact) mass is 449 g/mol. The first-order chi connectivity index (χ1) is 14.5. The number of benzene rings is 1. The zero-order valence-electron chi connectivity index (χ0n) is 19.6. The molecule has 3 rings (SSSR count). The highest BCUT2D eigenvalue weighted by Gasteiger charge is 2.16. The van der Waals surface area contributed by atoms with Crippen LogP contribution in [-0.2, 0) is 7.05 Å². The average Bonchev–Trinajstić information content (AvgIpc) is 3.06. The Morgan fingerprint density at radius 3 is 2.35 bits per heavy atom. The first-order valence-corrected chi connectivity index (χ1v) is 10.9. The highest BCUT2D eigenvalue weighted by Crippen LogP contribution is 2.26. The number of hydrogen-bond donors (Lipinski definition) is 1. The Labute approximate surface area is 190 Å². The van der Waals surface area contributed by atoms with Crippen LogP contribution in [0, 0.1) is 6.92 Å². The van der Waals surface area contributed by atoms with Crippen LogP contribution in [0.3, 0.4) is 0 Å². The molecule has 1 atom stereocenters. The Hall–Kier alpha value is -2.40. The SMILES string of the molecule is C=C(NC(C)c1ccc(C)cn1)c1cc2ccc(Cl)cc2n1C.CC.CCC(C)(F)F. The molecule has 0 aliphatic carbocycles. The number of nitrogens with zero attached hydrogens (tertiary/aromatic N) is 2. The summed E-state index contributed by atoms with van der Waals surface area (Å²) in [4.78, 5) is 4.47. The van der Waals surface area contributed by atoms with Crippen LogP contribution < -0.4 is 5.32 Å². The molecule has 2 aromatic heterocycles. The van der Waals surface area contributed by atoms with E-state index in [0.717, 1.165) is 45.5 Å². The molecular formula is C25H34ClF2N3. The van der Waals surface area contributed by atoms with E-state index < -0.39 is 5.92 Å². The second-order valence-corrected chi connectivity index (χ2v) is 7.76. The van der Waals surface area contributed by atoms with Crippen LogP contribution in [0.15, 0.2) is 49.2 Å². The third-order valence-electron chi connectivity index (χ3n) is 4.71. The highest BCUT2D eigenvalue weighted by atomic mass is 35.5. The predicted molar refractivity (Wildman–Crippen MR) is 130 cm³/mol. The highest BCUT2D eigenvalue weighted by molar-refractivity contribution is 6.31. The number of nitrogens with one attached hydrogen (secondary N) is 1. The van der Waals surface area contributed by atoms with Crippen molar-refractivity contribution in [1.82, 2.24) is 14.9 Å². The van der Waals surface area contributed by atoms with Gasteiger partial charge in [0, 0.05) is 35.6 Å². The van der Waals surface area contributed by atoms with Gasteiger partial charge in [0.2, 0.25) is 5.92 Å². The zero-order valence-corrected chi connectivity index (χ0v) is 20.3. The molecule has 0 aliphatic rings. The summed E-state index contributed by atoms with van der Waals surface area (Å²) in [6.45, 7) is 14.7. The largest absolute Gasteiger partial charge is 0.376 e. The van der Waals surface area contributed by atoms with Crippen molar-refractivity contribution in [3.05, 3.63) is 71.1 Å². The van der Waals surface area contributed by atoms with Crippen molar-refractivity contribution in [2.75, 3.05) is 0 Å². The van der Waals surface area contributed by atoms with E-state index >= 15 is 0 Å². The van der Waals surface area contributed by atoms with Gasteiger partial charge >= 0.3 is 0 Å². The third-order valence-corrected chi connectivity index (χ3v) is 4.94. The van der Waals surface area contributed by atoms with E-state index in [1.54, 1.807) is 0 Å². The van der Waals surface area contributed by atoms with Gasteiger partial charge in [-0.1, -0.05) is 51.1 Å². The minimum Gasteiger partial charge on any atom is -0.376 e. The van der Waals surface area contributed by atoms with Gasteiger partial charge < -0.3 is 9.88 Å². The number of aromatic nitrogens is 2. The summed E-state index contributed by atoms with van der Waals surface area (Å²) in [6, 6.07) is 12.2. The van der Waals surface area contributed by atoms with E-state index in [-0.39, 0.29) is 12.5 Å². The minimum absolute atomic E-state index is 0.0625. The fourth-order valence-electron chi connectivity index (χ4n) is 2.74. The quantitative estimate of drug-likeness (QED) is 0.428. The molecule has 0 amide bonds. The van der Waals surface area contributed by atoms with Gasteiger partial charge in [-0.05, 0) is 50.6 Å². The number of pyridine rings is 1. The number of aryl methyl sites for hydroxylation is 2. The Kier molecular flexibility index (Phi) is 10.2. The molecule has 1 unspecified atom stereocenters. The maximum Gasteiger partial charge on any atom is 0.245 e. The Morgan fingerprint density at radius 1 is 1.23 bits per heavy atom. The third kappa shape index (κ3) is 7.98. The zero-order chi connectivity index (χ0) is 23.8. The molecule has 0 saturated carbocycles. The van der Waals surface area contributed by atoms with Crippen molar-refractivity contribution in [1.29, 1.82) is 0 Å². The number of hydrogen-bond acceptors (Lipinski definition) is 2. The van der Waals surface area contributed by atoms with Gasteiger partial charge in [-0.3, -0.25) is 4.98 Å². The molecule has 6 heteroatoms. The molecule has 3 aromatic rings. The molecule has 2 heterocycles. The van der Waals surface area contributed by atoms with Crippen molar-refractivity contribution < 1.29 is 8.78 Å². The van der Waals surface area contributed by atoms with E-state index in [1.165, 1.54) is 6.92 Å². The lowest BCUT2D eigenvalue weighted by Crippen LogP contribution is -2.18. The van der Waals surface area contributed by atoms with Crippen LogP contribution in [0.25, 0.3) is 16.6 Å². The topological polar surface area (TPSA) is 29.9 Å². The summed E-state index contributed by atoms with van der Waals surface area (Å²) in [5.74, 6) is -2.46. The molecular weight excluding hydrogens is 416 g/mol. The molecule has 1 N–H and O–H groups in total. The average molecular weight is 450 g/mol. The predicted octanol–water partition coefficient (Wildman–Crippen LogP) is 7.93. The molecule has 170 valence electrons. The Bertz CT molecular complexity index is 973. The van der Waals surface area contributed by atoms with Crippen molar-refractivity contribution >= 4 is 28.2 Å². The molecule has 31 heavy (non-hydrogen) atoms. The lowest BCUT2D eigenvalue weighted by atomic mass is 10.1. The van der Waals surface area contributed by atoms with Gasteiger partial charge in [0.05, 0.1) is 23.1 Å². The van der Waals surface area contributed by atoms with Crippen molar-refractivity contribution in [2.24, 2.45) is 7.05 Å². The summed E-state index contributed by atoms with van der Waals surface area (Å²) in [5, 5.41) is 5.32. The molecule has 0 bridgehead atoms. The molecule has 3 nitrogen and oxygen atoms in total. The first kappa shape index (κ1) is 26.6. The fraction of sp³-hybridized carbons (Fsp3) is 0.400. The molecule has 1 aromatic carbocycles. The van der Waals surface area contributed by atoms with Crippen LogP contribution in [0.4, 0.5) is 8.78 Å². The van der Waals surface area contributed by atoms with E-state index in [2.05, 4.69) is 40.5 Å². The van der Waals surface area contributed by atoms with Crippen molar-refractivity contribution in [2.45, 2.75) is 59.9 Å². The summed E-state index contributed by atoms with van der Waals surface area (Å²) in [7, 11) is 2.02. The van der Waals surface area contributed by atoms with Gasteiger partial charge in [-0.2, -0.15) is 0 Å². The molecule has 0 fully saturated rings. The van der Waals surface area contributed by atoms with E-state index in [1.807, 2.05) is 58.3 Å². The summed E-state index contributed by atoms with van der Waals surface area (Å²) in [6.07, 6.45) is 1.82.